The number of ether oxygens (including phenoxy) is 2. The summed E-state index contributed by atoms with van der Waals surface area (Å²) in [5.74, 6) is 0.973. The molecule has 1 aromatic carbocycles. The van der Waals surface area contributed by atoms with E-state index in [0.29, 0.717) is 19.7 Å². The van der Waals surface area contributed by atoms with E-state index in [4.69, 9.17) is 9.47 Å². The summed E-state index contributed by atoms with van der Waals surface area (Å²) in [4.78, 5) is 13.2. The fraction of sp³-hybridized carbons (Fsp3) is 0.500. The van der Waals surface area contributed by atoms with Gasteiger partial charge in [-0.1, -0.05) is 12.1 Å². The Morgan fingerprint density at radius 2 is 2.39 bits per heavy atom. The number of carbonyl (C=O) groups is 1. The molecule has 18 heavy (non-hydrogen) atoms. The summed E-state index contributed by atoms with van der Waals surface area (Å²) in [5.41, 5.74) is 1.17. The minimum atomic E-state index is 0.0785. The summed E-state index contributed by atoms with van der Waals surface area (Å²) in [6.07, 6.45) is 0.885. The number of rotatable bonds is 3. The van der Waals surface area contributed by atoms with Crippen LogP contribution in [0.3, 0.4) is 0 Å². The van der Waals surface area contributed by atoms with Gasteiger partial charge in [0.25, 0.3) is 0 Å². The summed E-state index contributed by atoms with van der Waals surface area (Å²) >= 11 is 0. The highest BCUT2D eigenvalue weighted by atomic mass is 16.5. The second-order valence-corrected chi connectivity index (χ2v) is 4.51. The van der Waals surface area contributed by atoms with Crippen molar-refractivity contribution in [1.82, 2.24) is 4.90 Å². The molecule has 1 amide bonds. The zero-order valence-electron chi connectivity index (χ0n) is 10.9. The van der Waals surface area contributed by atoms with Crippen molar-refractivity contribution in [1.29, 1.82) is 0 Å². The highest BCUT2D eigenvalue weighted by molar-refractivity contribution is 5.73. The number of hydrogen-bond acceptors (Lipinski definition) is 3. The van der Waals surface area contributed by atoms with E-state index in [0.717, 1.165) is 12.2 Å². The minimum absolute atomic E-state index is 0.0785. The molecular weight excluding hydrogens is 230 g/mol. The maximum atomic E-state index is 11.3. The zero-order chi connectivity index (χ0) is 13.0. The Kier molecular flexibility index (Phi) is 4.20. The van der Waals surface area contributed by atoms with E-state index in [1.165, 1.54) is 5.56 Å². The molecule has 1 aliphatic rings. The van der Waals surface area contributed by atoms with Crippen LogP contribution in [0.25, 0.3) is 0 Å². The van der Waals surface area contributed by atoms with Gasteiger partial charge >= 0.3 is 0 Å². The van der Waals surface area contributed by atoms with Gasteiger partial charge in [-0.3, -0.25) is 4.79 Å². The van der Waals surface area contributed by atoms with E-state index >= 15 is 0 Å². The molecule has 0 saturated carbocycles. The van der Waals surface area contributed by atoms with Crippen LogP contribution < -0.4 is 4.74 Å². The molecule has 0 unspecified atom stereocenters. The van der Waals surface area contributed by atoms with Crippen molar-refractivity contribution in [3.05, 3.63) is 29.8 Å². The van der Waals surface area contributed by atoms with Crippen LogP contribution in [0.1, 0.15) is 12.5 Å². The van der Waals surface area contributed by atoms with Gasteiger partial charge in [0.2, 0.25) is 5.91 Å². The van der Waals surface area contributed by atoms with E-state index in [9.17, 15) is 4.79 Å². The van der Waals surface area contributed by atoms with E-state index in [1.807, 2.05) is 23.1 Å². The lowest BCUT2D eigenvalue weighted by molar-refractivity contribution is -0.136. The van der Waals surface area contributed by atoms with Crippen molar-refractivity contribution in [2.75, 3.05) is 26.8 Å². The van der Waals surface area contributed by atoms with Gasteiger partial charge < -0.3 is 14.4 Å². The molecule has 1 saturated heterocycles. The maximum Gasteiger partial charge on any atom is 0.219 e. The highest BCUT2D eigenvalue weighted by Crippen LogP contribution is 2.16. The number of hydrogen-bond donors (Lipinski definition) is 0. The molecular formula is C14H19NO3. The third-order valence-electron chi connectivity index (χ3n) is 3.18. The first-order chi connectivity index (χ1) is 8.69. The first kappa shape index (κ1) is 12.9. The molecule has 98 valence electrons. The lowest BCUT2D eigenvalue weighted by atomic mass is 10.1. The Labute approximate surface area is 107 Å². The van der Waals surface area contributed by atoms with Gasteiger partial charge in [0, 0.05) is 26.4 Å². The lowest BCUT2D eigenvalue weighted by Crippen LogP contribution is -2.45. The van der Waals surface area contributed by atoms with Crippen molar-refractivity contribution in [3.8, 4) is 5.75 Å². The molecule has 0 N–H and O–H groups in total. The lowest BCUT2D eigenvalue weighted by Gasteiger charge is -2.32. The quantitative estimate of drug-likeness (QED) is 0.814. The van der Waals surface area contributed by atoms with Crippen LogP contribution in [0.15, 0.2) is 24.3 Å². The van der Waals surface area contributed by atoms with Gasteiger partial charge in [0.15, 0.2) is 0 Å². The predicted octanol–water partition coefficient (Wildman–Crippen LogP) is 1.49. The van der Waals surface area contributed by atoms with E-state index in [1.54, 1.807) is 14.0 Å². The van der Waals surface area contributed by atoms with Crippen molar-refractivity contribution in [3.63, 3.8) is 0 Å². The van der Waals surface area contributed by atoms with Gasteiger partial charge in [-0.15, -0.1) is 0 Å². The molecule has 1 atom stereocenters. The average Bonchev–Trinajstić information content (AvgIpc) is 2.39. The normalized spacial score (nSPS) is 19.7. The fourth-order valence-corrected chi connectivity index (χ4v) is 2.19. The van der Waals surface area contributed by atoms with Crippen molar-refractivity contribution in [2.45, 2.75) is 19.4 Å². The van der Waals surface area contributed by atoms with Crippen LogP contribution in [-0.2, 0) is 16.0 Å². The number of amides is 1. The summed E-state index contributed by atoms with van der Waals surface area (Å²) in [6.45, 7) is 3.60. The Balaban J connectivity index is 1.97. The van der Waals surface area contributed by atoms with Crippen molar-refractivity contribution in [2.24, 2.45) is 0 Å². The number of carbonyl (C=O) groups excluding carboxylic acids is 1. The topological polar surface area (TPSA) is 38.8 Å². The van der Waals surface area contributed by atoms with Crippen molar-refractivity contribution >= 4 is 5.91 Å². The van der Waals surface area contributed by atoms with Crippen LogP contribution in [0.5, 0.6) is 5.75 Å². The SMILES string of the molecule is COc1cccc(C[C@@H]2CN(C(C)=O)CCO2)c1. The van der Waals surface area contributed by atoms with E-state index in [-0.39, 0.29) is 12.0 Å². The molecule has 0 radical (unpaired) electrons. The second kappa shape index (κ2) is 5.87. The predicted molar refractivity (Wildman–Crippen MR) is 68.7 cm³/mol. The van der Waals surface area contributed by atoms with Crippen LogP contribution in [0.2, 0.25) is 0 Å². The third kappa shape index (κ3) is 3.23. The summed E-state index contributed by atoms with van der Waals surface area (Å²) < 4.78 is 10.9. The van der Waals surface area contributed by atoms with Gasteiger partial charge in [-0.2, -0.15) is 0 Å². The van der Waals surface area contributed by atoms with Crippen LogP contribution in [0.4, 0.5) is 0 Å². The van der Waals surface area contributed by atoms with Crippen molar-refractivity contribution < 1.29 is 14.3 Å². The molecule has 0 aliphatic carbocycles. The average molecular weight is 249 g/mol. The molecule has 4 heteroatoms. The molecule has 1 heterocycles. The number of benzene rings is 1. The number of morpholine rings is 1. The molecule has 4 nitrogen and oxygen atoms in total. The summed E-state index contributed by atoms with van der Waals surface area (Å²) in [7, 11) is 1.66. The summed E-state index contributed by atoms with van der Waals surface area (Å²) in [6, 6.07) is 7.96. The van der Waals surface area contributed by atoms with Crippen LogP contribution in [-0.4, -0.2) is 43.7 Å². The smallest absolute Gasteiger partial charge is 0.219 e. The Morgan fingerprint density at radius 3 is 3.11 bits per heavy atom. The van der Waals surface area contributed by atoms with E-state index in [2.05, 4.69) is 6.07 Å². The first-order valence-corrected chi connectivity index (χ1v) is 6.19. The van der Waals surface area contributed by atoms with Gasteiger partial charge in [-0.25, -0.2) is 0 Å². The van der Waals surface area contributed by atoms with Gasteiger partial charge in [0.1, 0.15) is 5.75 Å². The maximum absolute atomic E-state index is 11.3. The summed E-state index contributed by atoms with van der Waals surface area (Å²) in [5, 5.41) is 0. The molecule has 1 aliphatic heterocycles. The number of methoxy groups -OCH3 is 1. The second-order valence-electron chi connectivity index (χ2n) is 4.51. The molecule has 1 fully saturated rings. The zero-order valence-corrected chi connectivity index (χ0v) is 10.9. The Hall–Kier alpha value is -1.55. The standard InChI is InChI=1S/C14H19NO3/c1-11(16)15-6-7-18-14(10-15)9-12-4-3-5-13(8-12)17-2/h3-5,8,14H,6-7,9-10H2,1-2H3/t14-/m1/s1. The minimum Gasteiger partial charge on any atom is -0.497 e. The third-order valence-corrected chi connectivity index (χ3v) is 3.18. The molecule has 2 rings (SSSR count). The largest absolute Gasteiger partial charge is 0.497 e. The molecule has 0 spiro atoms. The fourth-order valence-electron chi connectivity index (χ4n) is 2.19. The molecule has 0 bridgehead atoms. The Bertz CT molecular complexity index is 419. The number of nitrogens with zero attached hydrogens (tertiary/aromatic N) is 1. The Morgan fingerprint density at radius 1 is 1.56 bits per heavy atom. The highest BCUT2D eigenvalue weighted by Gasteiger charge is 2.22. The monoisotopic (exact) mass is 249 g/mol. The molecule has 0 aromatic heterocycles. The van der Waals surface area contributed by atoms with Gasteiger partial charge in [-0.05, 0) is 17.7 Å². The molecule has 1 aromatic rings. The van der Waals surface area contributed by atoms with Crippen LogP contribution in [0, 0.1) is 0 Å². The van der Waals surface area contributed by atoms with Gasteiger partial charge in [0.05, 0.1) is 19.8 Å². The van der Waals surface area contributed by atoms with E-state index < -0.39 is 0 Å². The first-order valence-electron chi connectivity index (χ1n) is 6.19. The van der Waals surface area contributed by atoms with Crippen LogP contribution >= 0.6 is 0 Å².